The molecule has 0 bridgehead atoms. The van der Waals surface area contributed by atoms with Crippen molar-refractivity contribution in [2.75, 3.05) is 39.4 Å². The molecular formula is C36H31N3O7. The second-order valence-corrected chi connectivity index (χ2v) is 10.4. The molecule has 1 aromatic heterocycles. The minimum absolute atomic E-state index is 0.0886. The number of Topliss-reactive ketones (excluding diaryl/α,β-unsaturated/α-hetero) is 1. The zero-order valence-electron chi connectivity index (χ0n) is 25.6. The van der Waals surface area contributed by atoms with E-state index in [1.807, 2.05) is 36.4 Å². The number of aromatic nitrogens is 2. The molecule has 10 nitrogen and oxygen atoms in total. The van der Waals surface area contributed by atoms with E-state index >= 15 is 0 Å². The Bertz CT molecular complexity index is 2030. The van der Waals surface area contributed by atoms with E-state index in [0.717, 1.165) is 5.56 Å². The fraction of sp³-hybridized carbons (Fsp3) is 0.167. The molecule has 10 heteroatoms. The Morgan fingerprint density at radius 3 is 2.37 bits per heavy atom. The van der Waals surface area contributed by atoms with Gasteiger partial charge < -0.3 is 18.9 Å². The predicted octanol–water partition coefficient (Wildman–Crippen LogP) is 5.41. The molecule has 0 N–H and O–H groups in total. The number of amides is 1. The van der Waals surface area contributed by atoms with Crippen molar-refractivity contribution in [3.05, 3.63) is 112 Å². The first-order valence-electron chi connectivity index (χ1n) is 14.5. The van der Waals surface area contributed by atoms with Gasteiger partial charge >= 0.3 is 0 Å². The van der Waals surface area contributed by atoms with Crippen LogP contribution in [0.15, 0.2) is 95.8 Å². The molecule has 1 amide bonds. The van der Waals surface area contributed by atoms with Gasteiger partial charge in [-0.05, 0) is 42.0 Å². The molecule has 6 rings (SSSR count). The Morgan fingerprint density at radius 1 is 0.870 bits per heavy atom. The Kier molecular flexibility index (Phi) is 8.51. The van der Waals surface area contributed by atoms with Crippen LogP contribution in [0.5, 0.6) is 23.0 Å². The molecule has 0 fully saturated rings. The quantitative estimate of drug-likeness (QED) is 0.192. The number of hydrogen-bond donors (Lipinski definition) is 0. The lowest BCUT2D eigenvalue weighted by atomic mass is 10.1. The number of hydrogen-bond acceptors (Lipinski definition) is 8. The third kappa shape index (κ3) is 5.68. The molecule has 0 atom stereocenters. The molecule has 4 aromatic carbocycles. The van der Waals surface area contributed by atoms with E-state index < -0.39 is 0 Å². The molecule has 2 heterocycles. The lowest BCUT2D eigenvalue weighted by Crippen LogP contribution is -2.41. The van der Waals surface area contributed by atoms with Crippen molar-refractivity contribution in [2.24, 2.45) is 0 Å². The highest BCUT2D eigenvalue weighted by atomic mass is 16.5. The smallest absolute Gasteiger partial charge is 0.265 e. The minimum atomic E-state index is -0.268. The van der Waals surface area contributed by atoms with Crippen LogP contribution in [0.1, 0.15) is 15.9 Å². The van der Waals surface area contributed by atoms with E-state index in [4.69, 9.17) is 23.9 Å². The SMILES string of the molecule is COc1ccc(-c2nc3ccccc3c(=O)n2C/C=C/c2ccc(C(=O)CN3C(=O)COc4ccccc43)cc2)c(OC)c1OC. The third-order valence-corrected chi connectivity index (χ3v) is 7.75. The van der Waals surface area contributed by atoms with E-state index in [-0.39, 0.29) is 36.9 Å². The molecule has 0 saturated heterocycles. The molecule has 0 aliphatic carbocycles. The Morgan fingerprint density at radius 2 is 1.61 bits per heavy atom. The van der Waals surface area contributed by atoms with Crippen molar-refractivity contribution in [1.29, 1.82) is 0 Å². The van der Waals surface area contributed by atoms with Crippen LogP contribution in [-0.2, 0) is 11.3 Å². The van der Waals surface area contributed by atoms with Gasteiger partial charge in [0.15, 0.2) is 23.9 Å². The number of ketones is 1. The maximum Gasteiger partial charge on any atom is 0.265 e. The number of carbonyl (C=O) groups excluding carboxylic acids is 2. The highest BCUT2D eigenvalue weighted by Crippen LogP contribution is 2.43. The Balaban J connectivity index is 1.27. The van der Waals surface area contributed by atoms with Gasteiger partial charge in [-0.2, -0.15) is 0 Å². The molecule has 0 saturated carbocycles. The van der Waals surface area contributed by atoms with Gasteiger partial charge in [0.05, 0.1) is 50.0 Å². The summed E-state index contributed by atoms with van der Waals surface area (Å²) in [4.78, 5) is 45.7. The van der Waals surface area contributed by atoms with Crippen molar-refractivity contribution in [3.8, 4) is 34.4 Å². The maximum absolute atomic E-state index is 13.7. The lowest BCUT2D eigenvalue weighted by molar-refractivity contribution is -0.121. The molecule has 1 aliphatic heterocycles. The van der Waals surface area contributed by atoms with E-state index in [1.54, 1.807) is 72.3 Å². The maximum atomic E-state index is 13.7. The average molecular weight is 618 g/mol. The number of rotatable bonds is 10. The van der Waals surface area contributed by atoms with Crippen LogP contribution in [0.2, 0.25) is 0 Å². The molecular weight excluding hydrogens is 586 g/mol. The molecule has 0 radical (unpaired) electrons. The van der Waals surface area contributed by atoms with Gasteiger partial charge in [0.1, 0.15) is 11.6 Å². The largest absolute Gasteiger partial charge is 0.493 e. The summed E-state index contributed by atoms with van der Waals surface area (Å²) in [6.45, 7) is 0.0156. The van der Waals surface area contributed by atoms with Crippen LogP contribution in [0.3, 0.4) is 0 Å². The van der Waals surface area contributed by atoms with Crippen LogP contribution in [0.25, 0.3) is 28.4 Å². The van der Waals surface area contributed by atoms with Crippen LogP contribution in [0, 0.1) is 0 Å². The fourth-order valence-electron chi connectivity index (χ4n) is 5.46. The number of methoxy groups -OCH3 is 3. The number of ether oxygens (including phenoxy) is 4. The summed E-state index contributed by atoms with van der Waals surface area (Å²) < 4.78 is 23.8. The first-order valence-corrected chi connectivity index (χ1v) is 14.5. The number of para-hydroxylation sites is 3. The number of nitrogens with zero attached hydrogens (tertiary/aromatic N) is 3. The molecule has 232 valence electrons. The van der Waals surface area contributed by atoms with Gasteiger partial charge in [0.2, 0.25) is 5.75 Å². The second kappa shape index (κ2) is 13.0. The highest BCUT2D eigenvalue weighted by molar-refractivity contribution is 6.07. The summed E-state index contributed by atoms with van der Waals surface area (Å²) in [5, 5.41) is 0.489. The normalized spacial score (nSPS) is 12.6. The van der Waals surface area contributed by atoms with E-state index in [2.05, 4.69) is 0 Å². The van der Waals surface area contributed by atoms with Gasteiger partial charge in [0.25, 0.3) is 11.5 Å². The summed E-state index contributed by atoms with van der Waals surface area (Å²) in [5.41, 5.74) is 2.81. The fourth-order valence-corrected chi connectivity index (χ4v) is 5.46. The number of allylic oxidation sites excluding steroid dienone is 1. The van der Waals surface area contributed by atoms with Gasteiger partial charge in [-0.1, -0.05) is 60.7 Å². The van der Waals surface area contributed by atoms with Crippen molar-refractivity contribution in [1.82, 2.24) is 9.55 Å². The number of fused-ring (bicyclic) bond motifs is 2. The monoisotopic (exact) mass is 617 g/mol. The van der Waals surface area contributed by atoms with Crippen LogP contribution in [0.4, 0.5) is 5.69 Å². The van der Waals surface area contributed by atoms with Gasteiger partial charge in [-0.3, -0.25) is 23.9 Å². The van der Waals surface area contributed by atoms with Gasteiger partial charge in [0, 0.05) is 12.1 Å². The first-order chi connectivity index (χ1) is 22.4. The van der Waals surface area contributed by atoms with Crippen molar-refractivity contribution < 1.29 is 28.5 Å². The Hall–Kier alpha value is -5.90. The van der Waals surface area contributed by atoms with E-state index in [9.17, 15) is 14.4 Å². The summed E-state index contributed by atoms with van der Waals surface area (Å²) >= 11 is 0. The molecule has 1 aliphatic rings. The lowest BCUT2D eigenvalue weighted by Gasteiger charge is -2.28. The van der Waals surface area contributed by atoms with Crippen LogP contribution in [-0.4, -0.2) is 55.7 Å². The summed E-state index contributed by atoms with van der Waals surface area (Å²) in [6.07, 6.45) is 3.72. The standard InChI is InChI=1S/C36H31N3O7/c1-43-31-19-18-26(33(44-2)34(31)45-3)35-37-27-11-5-4-10-25(27)36(42)38(35)20-8-9-23-14-16-24(17-15-23)29(40)21-39-28-12-6-7-13-30(28)46-22-32(39)41/h4-19H,20-22H2,1-3H3/b9-8+. The summed E-state index contributed by atoms with van der Waals surface area (Å²) in [6, 6.07) is 25.0. The van der Waals surface area contributed by atoms with Gasteiger partial charge in [-0.15, -0.1) is 0 Å². The number of anilines is 1. The molecule has 0 unspecified atom stereocenters. The van der Waals surface area contributed by atoms with E-state index in [0.29, 0.717) is 56.5 Å². The molecule has 0 spiro atoms. The zero-order valence-corrected chi connectivity index (χ0v) is 25.6. The van der Waals surface area contributed by atoms with Crippen LogP contribution < -0.4 is 29.4 Å². The summed E-state index contributed by atoms with van der Waals surface area (Å²) in [7, 11) is 4.59. The number of benzene rings is 4. The predicted molar refractivity (Wildman–Crippen MR) is 175 cm³/mol. The van der Waals surface area contributed by atoms with Crippen molar-refractivity contribution in [2.45, 2.75) is 6.54 Å². The van der Waals surface area contributed by atoms with Crippen molar-refractivity contribution in [3.63, 3.8) is 0 Å². The van der Waals surface area contributed by atoms with Crippen molar-refractivity contribution >= 4 is 34.4 Å². The first kappa shape index (κ1) is 30.1. The molecule has 5 aromatic rings. The van der Waals surface area contributed by atoms with Gasteiger partial charge in [-0.25, -0.2) is 4.98 Å². The zero-order chi connectivity index (χ0) is 32.2. The van der Waals surface area contributed by atoms with Crippen LogP contribution >= 0.6 is 0 Å². The second-order valence-electron chi connectivity index (χ2n) is 10.4. The van der Waals surface area contributed by atoms with E-state index in [1.165, 1.54) is 19.1 Å². The third-order valence-electron chi connectivity index (χ3n) is 7.75. The molecule has 46 heavy (non-hydrogen) atoms. The highest BCUT2D eigenvalue weighted by Gasteiger charge is 2.27. The number of carbonyl (C=O) groups is 2. The minimum Gasteiger partial charge on any atom is -0.493 e. The average Bonchev–Trinajstić information content (AvgIpc) is 3.09. The Labute approximate surface area is 265 Å². The topological polar surface area (TPSA) is 109 Å². The summed E-state index contributed by atoms with van der Waals surface area (Å²) in [5.74, 6) is 1.79.